The highest BCUT2D eigenvalue weighted by atomic mass is 19.1. The van der Waals surface area contributed by atoms with Crippen LogP contribution in [-0.2, 0) is 11.3 Å². The average molecular weight is 318 g/mol. The lowest BCUT2D eigenvalue weighted by molar-refractivity contribution is -0.149. The molecule has 2 aromatic rings. The Hall–Kier alpha value is -2.77. The predicted octanol–water partition coefficient (Wildman–Crippen LogP) is 0.965. The van der Waals surface area contributed by atoms with Crippen LogP contribution in [0, 0.1) is 0 Å². The molecule has 0 bridgehead atoms. The monoisotopic (exact) mass is 318 g/mol. The van der Waals surface area contributed by atoms with E-state index in [0.29, 0.717) is 12.1 Å². The molecular weight excluding hydrogens is 303 g/mol. The van der Waals surface area contributed by atoms with Crippen LogP contribution >= 0.6 is 0 Å². The van der Waals surface area contributed by atoms with Gasteiger partial charge in [0.2, 0.25) is 5.67 Å². The highest BCUT2D eigenvalue weighted by molar-refractivity contribution is 5.96. The Morgan fingerprint density at radius 3 is 2.78 bits per heavy atom. The van der Waals surface area contributed by atoms with E-state index >= 15 is 0 Å². The molecule has 0 spiro atoms. The van der Waals surface area contributed by atoms with Gasteiger partial charge in [-0.25, -0.2) is 18.9 Å². The number of amides is 1. The van der Waals surface area contributed by atoms with E-state index in [2.05, 4.69) is 10.1 Å². The first kappa shape index (κ1) is 15.1. The summed E-state index contributed by atoms with van der Waals surface area (Å²) in [5.74, 6) is -1.90. The van der Waals surface area contributed by atoms with Crippen LogP contribution in [0.2, 0.25) is 0 Å². The molecule has 120 valence electrons. The molecule has 1 aromatic heterocycles. The number of alkyl halides is 1. The van der Waals surface area contributed by atoms with Crippen molar-refractivity contribution in [3.8, 4) is 0 Å². The first-order valence-electron chi connectivity index (χ1n) is 7.11. The Bertz CT molecular complexity index is 734. The van der Waals surface area contributed by atoms with E-state index in [9.17, 15) is 14.0 Å². The first-order chi connectivity index (χ1) is 11.0. The second kappa shape index (κ2) is 5.79. The summed E-state index contributed by atoms with van der Waals surface area (Å²) in [5.41, 5.74) is -1.23. The van der Waals surface area contributed by atoms with Crippen LogP contribution < -0.4 is 0 Å². The second-order valence-corrected chi connectivity index (χ2v) is 5.50. The third kappa shape index (κ3) is 2.92. The Morgan fingerprint density at radius 1 is 1.35 bits per heavy atom. The van der Waals surface area contributed by atoms with Gasteiger partial charge in [-0.2, -0.15) is 5.10 Å². The smallest absolute Gasteiger partial charge is 0.343 e. The fourth-order valence-electron chi connectivity index (χ4n) is 2.65. The van der Waals surface area contributed by atoms with Crippen molar-refractivity contribution in [3.63, 3.8) is 0 Å². The van der Waals surface area contributed by atoms with Crippen LogP contribution in [0.15, 0.2) is 36.9 Å². The van der Waals surface area contributed by atoms with Gasteiger partial charge in [-0.1, -0.05) is 18.2 Å². The van der Waals surface area contributed by atoms with Crippen molar-refractivity contribution in [1.29, 1.82) is 0 Å². The third-order valence-corrected chi connectivity index (χ3v) is 3.94. The molecule has 23 heavy (non-hydrogen) atoms. The Morgan fingerprint density at radius 2 is 2.13 bits per heavy atom. The standard InChI is InChI=1S/C15H15FN4O3/c16-15(14(22)23)5-6-19(8-15)13(21)12-4-2-1-3-11(12)7-20-10-17-9-18-20/h1-4,9-10H,5-8H2,(H,22,23). The van der Waals surface area contributed by atoms with Gasteiger partial charge in [0.25, 0.3) is 5.91 Å². The van der Waals surface area contributed by atoms with Crippen molar-refractivity contribution in [1.82, 2.24) is 19.7 Å². The molecule has 0 aliphatic carbocycles. The number of carboxylic acids is 1. The fourth-order valence-corrected chi connectivity index (χ4v) is 2.65. The lowest BCUT2D eigenvalue weighted by Crippen LogP contribution is -2.39. The SMILES string of the molecule is O=C(c1ccccc1Cn1cncn1)N1CCC(F)(C(=O)O)C1. The molecule has 1 saturated heterocycles. The number of carboxylic acid groups (broad SMARTS) is 1. The summed E-state index contributed by atoms with van der Waals surface area (Å²) >= 11 is 0. The summed E-state index contributed by atoms with van der Waals surface area (Å²) in [7, 11) is 0. The zero-order valence-corrected chi connectivity index (χ0v) is 12.2. The zero-order chi connectivity index (χ0) is 16.4. The van der Waals surface area contributed by atoms with Gasteiger partial charge in [-0.15, -0.1) is 0 Å². The van der Waals surface area contributed by atoms with E-state index in [0.717, 1.165) is 5.56 Å². The number of carbonyl (C=O) groups is 2. The number of hydrogen-bond donors (Lipinski definition) is 1. The van der Waals surface area contributed by atoms with Gasteiger partial charge < -0.3 is 10.0 Å². The number of likely N-dealkylation sites (tertiary alicyclic amines) is 1. The van der Waals surface area contributed by atoms with Gasteiger partial charge in [0, 0.05) is 18.5 Å². The molecule has 8 heteroatoms. The van der Waals surface area contributed by atoms with Crippen molar-refractivity contribution >= 4 is 11.9 Å². The number of nitrogens with zero attached hydrogens (tertiary/aromatic N) is 4. The number of rotatable bonds is 4. The minimum absolute atomic E-state index is 0.0826. The molecule has 7 nitrogen and oxygen atoms in total. The molecule has 1 fully saturated rings. The largest absolute Gasteiger partial charge is 0.479 e. The predicted molar refractivity (Wildman–Crippen MR) is 77.6 cm³/mol. The molecule has 2 heterocycles. The van der Waals surface area contributed by atoms with Crippen molar-refractivity contribution < 1.29 is 19.1 Å². The van der Waals surface area contributed by atoms with E-state index in [4.69, 9.17) is 5.11 Å². The quantitative estimate of drug-likeness (QED) is 0.907. The van der Waals surface area contributed by atoms with Crippen LogP contribution in [0.25, 0.3) is 0 Å². The maximum Gasteiger partial charge on any atom is 0.343 e. The summed E-state index contributed by atoms with van der Waals surface area (Å²) in [4.78, 5) is 28.7. The minimum atomic E-state index is -2.36. The molecule has 1 atom stereocenters. The molecule has 1 aromatic carbocycles. The van der Waals surface area contributed by atoms with Crippen LogP contribution in [0.5, 0.6) is 0 Å². The van der Waals surface area contributed by atoms with Crippen LogP contribution in [0.1, 0.15) is 22.3 Å². The molecule has 1 aliphatic heterocycles. The summed E-state index contributed by atoms with van der Waals surface area (Å²) in [6.45, 7) is 0.00751. The van der Waals surface area contributed by atoms with Crippen molar-refractivity contribution in [3.05, 3.63) is 48.0 Å². The molecule has 0 saturated carbocycles. The molecule has 0 radical (unpaired) electrons. The van der Waals surface area contributed by atoms with Crippen molar-refractivity contribution in [2.45, 2.75) is 18.6 Å². The maximum atomic E-state index is 14.2. The summed E-state index contributed by atoms with van der Waals surface area (Å²) < 4.78 is 15.7. The molecule has 3 rings (SSSR count). The Labute approximate surface area is 131 Å². The minimum Gasteiger partial charge on any atom is -0.479 e. The number of aromatic nitrogens is 3. The Balaban J connectivity index is 1.82. The van der Waals surface area contributed by atoms with Gasteiger partial charge in [0.1, 0.15) is 12.7 Å². The molecule has 1 N–H and O–H groups in total. The third-order valence-electron chi connectivity index (χ3n) is 3.94. The lowest BCUT2D eigenvalue weighted by atomic mass is 10.1. The molecule has 1 unspecified atom stereocenters. The van der Waals surface area contributed by atoms with Crippen molar-refractivity contribution in [2.75, 3.05) is 13.1 Å². The second-order valence-electron chi connectivity index (χ2n) is 5.50. The molecule has 1 amide bonds. The normalized spacial score (nSPS) is 20.7. The lowest BCUT2D eigenvalue weighted by Gasteiger charge is -2.19. The summed E-state index contributed by atoms with van der Waals surface area (Å²) in [6.07, 6.45) is 2.74. The number of aliphatic carboxylic acids is 1. The van der Waals surface area contributed by atoms with Gasteiger partial charge in [0.15, 0.2) is 0 Å². The van der Waals surface area contributed by atoms with Crippen LogP contribution in [0.3, 0.4) is 0 Å². The van der Waals surface area contributed by atoms with E-state index in [-0.39, 0.29) is 18.9 Å². The van der Waals surface area contributed by atoms with Crippen molar-refractivity contribution in [2.24, 2.45) is 0 Å². The highest BCUT2D eigenvalue weighted by Crippen LogP contribution is 2.27. The van der Waals surface area contributed by atoms with Gasteiger partial charge in [-0.05, 0) is 11.6 Å². The Kier molecular flexibility index (Phi) is 3.81. The van der Waals surface area contributed by atoms with Gasteiger partial charge in [0.05, 0.1) is 13.1 Å². The number of halogens is 1. The van der Waals surface area contributed by atoms with E-state index in [1.807, 2.05) is 0 Å². The van der Waals surface area contributed by atoms with E-state index in [1.54, 1.807) is 28.9 Å². The van der Waals surface area contributed by atoms with E-state index in [1.165, 1.54) is 17.6 Å². The fraction of sp³-hybridized carbons (Fsp3) is 0.333. The van der Waals surface area contributed by atoms with Gasteiger partial charge in [-0.3, -0.25) is 4.79 Å². The van der Waals surface area contributed by atoms with Gasteiger partial charge >= 0.3 is 5.97 Å². The maximum absolute atomic E-state index is 14.2. The average Bonchev–Trinajstić information content (AvgIpc) is 3.18. The summed E-state index contributed by atoms with van der Waals surface area (Å²) in [5, 5.41) is 12.9. The summed E-state index contributed by atoms with van der Waals surface area (Å²) in [6, 6.07) is 6.94. The number of benzene rings is 1. The molecule has 1 aliphatic rings. The number of hydrogen-bond acceptors (Lipinski definition) is 4. The van der Waals surface area contributed by atoms with Crippen LogP contribution in [-0.4, -0.2) is 55.4 Å². The van der Waals surface area contributed by atoms with E-state index < -0.39 is 18.2 Å². The number of carbonyl (C=O) groups excluding carboxylic acids is 1. The first-order valence-corrected chi connectivity index (χ1v) is 7.11. The highest BCUT2D eigenvalue weighted by Gasteiger charge is 2.47. The zero-order valence-electron chi connectivity index (χ0n) is 12.2. The topological polar surface area (TPSA) is 88.3 Å². The van der Waals surface area contributed by atoms with Crippen LogP contribution in [0.4, 0.5) is 4.39 Å². The molecular formula is C15H15FN4O3.